The first-order valence-electron chi connectivity index (χ1n) is 9.28. The van der Waals surface area contributed by atoms with Gasteiger partial charge in [0.15, 0.2) is 5.96 Å². The zero-order valence-electron chi connectivity index (χ0n) is 16.6. The molecule has 2 aromatic rings. The number of halogens is 1. The van der Waals surface area contributed by atoms with Crippen LogP contribution in [-0.2, 0) is 9.53 Å². The van der Waals surface area contributed by atoms with E-state index < -0.39 is 0 Å². The highest BCUT2D eigenvalue weighted by atomic mass is 127. The van der Waals surface area contributed by atoms with Gasteiger partial charge in [0.2, 0.25) is 0 Å². The molecule has 1 amide bonds. The highest BCUT2D eigenvalue weighted by Gasteiger charge is 2.31. The molecule has 156 valence electrons. The van der Waals surface area contributed by atoms with Gasteiger partial charge in [-0.15, -0.1) is 24.0 Å². The molecule has 3 N–H and O–H groups in total. The van der Waals surface area contributed by atoms with Gasteiger partial charge in [0.1, 0.15) is 17.6 Å². The van der Waals surface area contributed by atoms with Crippen LogP contribution in [0, 0.1) is 0 Å². The summed E-state index contributed by atoms with van der Waals surface area (Å²) in [5.74, 6) is 1.75. The topological polar surface area (TPSA) is 89.2 Å². The average Bonchev–Trinajstić information content (AvgIpc) is 3.16. The van der Waals surface area contributed by atoms with Crippen molar-refractivity contribution in [3.63, 3.8) is 0 Å². The Bertz CT molecular complexity index is 830. The third kappa shape index (κ3) is 6.90. The number of hydrogen-bond acceptors (Lipinski definition) is 4. The molecule has 0 radical (unpaired) electrons. The lowest BCUT2D eigenvalue weighted by molar-refractivity contribution is -0.140. The van der Waals surface area contributed by atoms with E-state index in [1.807, 2.05) is 54.6 Å². The maximum Gasteiger partial charge on any atom is 0.251 e. The van der Waals surface area contributed by atoms with Crippen LogP contribution in [0.4, 0.5) is 5.69 Å². The predicted octanol–water partition coefficient (Wildman–Crippen LogP) is 3.46. The van der Waals surface area contributed by atoms with Crippen molar-refractivity contribution in [1.29, 1.82) is 0 Å². The molecular formula is C21H27IN4O3. The third-order valence-electron chi connectivity index (χ3n) is 4.37. The molecule has 1 aliphatic rings. The molecule has 2 aromatic carbocycles. The zero-order chi connectivity index (χ0) is 19.9. The van der Waals surface area contributed by atoms with Gasteiger partial charge < -0.3 is 25.4 Å². The number of anilines is 1. The summed E-state index contributed by atoms with van der Waals surface area (Å²) in [7, 11) is 3.46. The minimum absolute atomic E-state index is 0. The standard InChI is InChI=1S/C21H26N4O3.HI/c1-25(2)20(26)19-12-11-18(28-19)14-23-21(22)24-15-7-6-10-17(13-15)27-16-8-4-3-5-9-16;/h3-10,13,18-19H,11-12,14H2,1-2H3,(H3,22,23,24);1H. The largest absolute Gasteiger partial charge is 0.457 e. The van der Waals surface area contributed by atoms with Crippen molar-refractivity contribution in [2.75, 3.05) is 26.0 Å². The maximum atomic E-state index is 11.9. The van der Waals surface area contributed by atoms with E-state index in [2.05, 4.69) is 10.3 Å². The number of ether oxygens (including phenoxy) is 2. The van der Waals surface area contributed by atoms with Crippen LogP contribution in [0.25, 0.3) is 0 Å². The van der Waals surface area contributed by atoms with Crippen LogP contribution in [0.15, 0.2) is 59.6 Å². The van der Waals surface area contributed by atoms with Crippen molar-refractivity contribution >= 4 is 41.5 Å². The van der Waals surface area contributed by atoms with E-state index >= 15 is 0 Å². The second kappa shape index (κ2) is 11.0. The number of nitrogens with one attached hydrogen (secondary N) is 1. The average molecular weight is 510 g/mol. The first kappa shape index (κ1) is 23.0. The highest BCUT2D eigenvalue weighted by molar-refractivity contribution is 14.0. The van der Waals surface area contributed by atoms with Crippen LogP contribution < -0.4 is 15.8 Å². The number of guanidine groups is 1. The lowest BCUT2D eigenvalue weighted by atomic mass is 10.2. The molecule has 29 heavy (non-hydrogen) atoms. The summed E-state index contributed by atoms with van der Waals surface area (Å²) in [6.45, 7) is 0.413. The number of hydrogen-bond donors (Lipinski definition) is 2. The number of amides is 1. The van der Waals surface area contributed by atoms with Gasteiger partial charge in [-0.2, -0.15) is 0 Å². The van der Waals surface area contributed by atoms with Crippen LogP contribution in [0.2, 0.25) is 0 Å². The maximum absolute atomic E-state index is 11.9. The summed E-state index contributed by atoms with van der Waals surface area (Å²) < 4.78 is 11.6. The number of nitrogens with two attached hydrogens (primary N) is 1. The number of carbonyl (C=O) groups excluding carboxylic acids is 1. The first-order chi connectivity index (χ1) is 13.5. The van der Waals surface area contributed by atoms with Crippen molar-refractivity contribution in [2.24, 2.45) is 10.7 Å². The van der Waals surface area contributed by atoms with Crippen LogP contribution in [-0.4, -0.2) is 49.6 Å². The number of nitrogens with zero attached hydrogens (tertiary/aromatic N) is 2. The zero-order valence-corrected chi connectivity index (χ0v) is 18.9. The van der Waals surface area contributed by atoms with E-state index in [-0.39, 0.29) is 42.1 Å². The summed E-state index contributed by atoms with van der Waals surface area (Å²) in [5, 5.41) is 3.06. The summed E-state index contributed by atoms with van der Waals surface area (Å²) in [6.07, 6.45) is 1.03. The van der Waals surface area contributed by atoms with Crippen molar-refractivity contribution in [3.05, 3.63) is 54.6 Å². The van der Waals surface area contributed by atoms with Crippen molar-refractivity contribution in [1.82, 2.24) is 4.90 Å². The summed E-state index contributed by atoms with van der Waals surface area (Å²) >= 11 is 0. The Kier molecular flexibility index (Phi) is 8.71. The van der Waals surface area contributed by atoms with Gasteiger partial charge >= 0.3 is 0 Å². The quantitative estimate of drug-likeness (QED) is 0.353. The minimum atomic E-state index is -0.379. The monoisotopic (exact) mass is 510 g/mol. The SMILES string of the molecule is CN(C)C(=O)C1CCC(CN=C(N)Nc2cccc(Oc3ccccc3)c2)O1.I. The Labute approximate surface area is 188 Å². The van der Waals surface area contributed by atoms with Crippen LogP contribution >= 0.6 is 24.0 Å². The highest BCUT2D eigenvalue weighted by Crippen LogP contribution is 2.24. The molecule has 7 nitrogen and oxygen atoms in total. The van der Waals surface area contributed by atoms with Crippen molar-refractivity contribution in [3.8, 4) is 11.5 Å². The molecule has 0 spiro atoms. The summed E-state index contributed by atoms with van der Waals surface area (Å²) in [6, 6.07) is 17.1. The summed E-state index contributed by atoms with van der Waals surface area (Å²) in [5.41, 5.74) is 6.78. The Morgan fingerprint density at radius 3 is 2.62 bits per heavy atom. The molecule has 0 bridgehead atoms. The first-order valence-corrected chi connectivity index (χ1v) is 9.28. The fourth-order valence-electron chi connectivity index (χ4n) is 2.96. The second-order valence-electron chi connectivity index (χ2n) is 6.85. The molecule has 0 saturated carbocycles. The van der Waals surface area contributed by atoms with E-state index in [1.54, 1.807) is 19.0 Å². The molecule has 2 atom stereocenters. The van der Waals surface area contributed by atoms with E-state index in [9.17, 15) is 4.79 Å². The molecule has 0 aliphatic carbocycles. The number of benzene rings is 2. The van der Waals surface area contributed by atoms with Crippen LogP contribution in [0.5, 0.6) is 11.5 Å². The Morgan fingerprint density at radius 2 is 1.90 bits per heavy atom. The van der Waals surface area contributed by atoms with Gasteiger partial charge in [-0.25, -0.2) is 0 Å². The summed E-state index contributed by atoms with van der Waals surface area (Å²) in [4.78, 5) is 17.8. The van der Waals surface area contributed by atoms with E-state index in [4.69, 9.17) is 15.2 Å². The third-order valence-corrected chi connectivity index (χ3v) is 4.37. The van der Waals surface area contributed by atoms with Gasteiger partial charge in [-0.1, -0.05) is 24.3 Å². The minimum Gasteiger partial charge on any atom is -0.457 e. The number of rotatable bonds is 6. The Hall–Kier alpha value is -2.33. The number of para-hydroxylation sites is 1. The molecule has 1 saturated heterocycles. The molecule has 8 heteroatoms. The van der Waals surface area contributed by atoms with Gasteiger partial charge in [0.25, 0.3) is 5.91 Å². The number of carbonyl (C=O) groups is 1. The molecule has 1 aliphatic heterocycles. The van der Waals surface area contributed by atoms with Crippen molar-refractivity contribution in [2.45, 2.75) is 25.0 Å². The molecule has 2 unspecified atom stereocenters. The smallest absolute Gasteiger partial charge is 0.251 e. The fraction of sp³-hybridized carbons (Fsp3) is 0.333. The Balaban J connectivity index is 0.00000300. The molecule has 1 heterocycles. The van der Waals surface area contributed by atoms with E-state index in [1.165, 1.54) is 0 Å². The predicted molar refractivity (Wildman–Crippen MR) is 125 cm³/mol. The van der Waals surface area contributed by atoms with Crippen LogP contribution in [0.3, 0.4) is 0 Å². The van der Waals surface area contributed by atoms with Gasteiger partial charge in [-0.05, 0) is 37.1 Å². The molecular weight excluding hydrogens is 483 g/mol. The number of likely N-dealkylation sites (N-methyl/N-ethyl adjacent to an activating group) is 1. The molecule has 0 aromatic heterocycles. The lowest BCUT2D eigenvalue weighted by Gasteiger charge is -2.16. The van der Waals surface area contributed by atoms with E-state index in [0.717, 1.165) is 17.9 Å². The second-order valence-corrected chi connectivity index (χ2v) is 6.85. The van der Waals surface area contributed by atoms with Gasteiger partial charge in [0.05, 0.1) is 12.6 Å². The molecule has 3 rings (SSSR count). The lowest BCUT2D eigenvalue weighted by Crippen LogP contribution is -2.34. The van der Waals surface area contributed by atoms with Gasteiger partial charge in [0, 0.05) is 25.8 Å². The van der Waals surface area contributed by atoms with E-state index in [0.29, 0.717) is 24.7 Å². The fourth-order valence-corrected chi connectivity index (χ4v) is 2.96. The normalized spacial score (nSPS) is 18.6. The van der Waals surface area contributed by atoms with Crippen molar-refractivity contribution < 1.29 is 14.3 Å². The Morgan fingerprint density at radius 1 is 1.17 bits per heavy atom. The molecule has 1 fully saturated rings. The van der Waals surface area contributed by atoms with Gasteiger partial charge in [-0.3, -0.25) is 9.79 Å². The number of aliphatic imine (C=N–C) groups is 1. The van der Waals surface area contributed by atoms with Crippen LogP contribution in [0.1, 0.15) is 12.8 Å².